The summed E-state index contributed by atoms with van der Waals surface area (Å²) in [6.07, 6.45) is 2.17. The molecule has 0 saturated carbocycles. The molecule has 1 unspecified atom stereocenters. The number of aliphatic hydroxyl groups is 2. The van der Waals surface area contributed by atoms with E-state index in [0.29, 0.717) is 0 Å². The van der Waals surface area contributed by atoms with Crippen LogP contribution in [-0.2, 0) is 4.79 Å². The smallest absolute Gasteiger partial charge is 0.237 e. The summed E-state index contributed by atoms with van der Waals surface area (Å²) in [5.74, 6) is -0.0859. The molecule has 0 radical (unpaired) electrons. The molecule has 0 aromatic carbocycles. The van der Waals surface area contributed by atoms with Crippen LogP contribution in [0.15, 0.2) is 0 Å². The van der Waals surface area contributed by atoms with Gasteiger partial charge in [-0.25, -0.2) is 0 Å². The molecular formula is C9H18N2O3. The van der Waals surface area contributed by atoms with Crippen molar-refractivity contribution in [2.24, 2.45) is 0 Å². The Morgan fingerprint density at radius 3 is 2.93 bits per heavy atom. The lowest BCUT2D eigenvalue weighted by Gasteiger charge is -2.22. The van der Waals surface area contributed by atoms with Crippen LogP contribution >= 0.6 is 0 Å². The van der Waals surface area contributed by atoms with E-state index in [4.69, 9.17) is 10.2 Å². The zero-order chi connectivity index (χ0) is 10.4. The molecule has 0 aromatic heterocycles. The summed E-state index contributed by atoms with van der Waals surface area (Å²) in [6, 6.07) is -0.130. The van der Waals surface area contributed by atoms with Gasteiger partial charge in [0.2, 0.25) is 5.91 Å². The standard InChI is InChI=1S/C9H18N2O3/c12-6-7(13)5-11-9(14)8-3-1-2-4-10-8/h7-8,10,12-13H,1-6H2,(H,11,14)/t7?,8-/m1/s1. The molecule has 1 aliphatic rings. The van der Waals surface area contributed by atoms with Gasteiger partial charge in [0.25, 0.3) is 0 Å². The van der Waals surface area contributed by atoms with Gasteiger partial charge in [0.05, 0.1) is 18.8 Å². The number of piperidine rings is 1. The van der Waals surface area contributed by atoms with Crippen LogP contribution in [0.1, 0.15) is 19.3 Å². The van der Waals surface area contributed by atoms with E-state index in [-0.39, 0.29) is 25.1 Å². The minimum atomic E-state index is -0.859. The monoisotopic (exact) mass is 202 g/mol. The molecule has 1 amide bonds. The first-order valence-electron chi connectivity index (χ1n) is 5.04. The number of carbonyl (C=O) groups is 1. The van der Waals surface area contributed by atoms with Crippen LogP contribution < -0.4 is 10.6 Å². The predicted octanol–water partition coefficient (Wildman–Crippen LogP) is -1.40. The van der Waals surface area contributed by atoms with Crippen molar-refractivity contribution in [2.75, 3.05) is 19.7 Å². The average molecular weight is 202 g/mol. The predicted molar refractivity (Wildman–Crippen MR) is 51.7 cm³/mol. The van der Waals surface area contributed by atoms with E-state index in [2.05, 4.69) is 10.6 Å². The summed E-state index contributed by atoms with van der Waals surface area (Å²) in [6.45, 7) is 0.673. The molecule has 1 heterocycles. The van der Waals surface area contributed by atoms with E-state index in [1.165, 1.54) is 0 Å². The van der Waals surface area contributed by atoms with Crippen LogP contribution in [0.25, 0.3) is 0 Å². The van der Waals surface area contributed by atoms with Gasteiger partial charge in [-0.05, 0) is 19.4 Å². The molecule has 14 heavy (non-hydrogen) atoms. The van der Waals surface area contributed by atoms with Crippen molar-refractivity contribution in [1.29, 1.82) is 0 Å². The largest absolute Gasteiger partial charge is 0.394 e. The second kappa shape index (κ2) is 5.95. The Balaban J connectivity index is 2.19. The third-order valence-corrected chi connectivity index (χ3v) is 2.35. The number of nitrogens with one attached hydrogen (secondary N) is 2. The second-order valence-electron chi connectivity index (χ2n) is 3.58. The Morgan fingerprint density at radius 2 is 2.36 bits per heavy atom. The molecular weight excluding hydrogens is 184 g/mol. The van der Waals surface area contributed by atoms with Gasteiger partial charge in [-0.2, -0.15) is 0 Å². The van der Waals surface area contributed by atoms with Crippen molar-refractivity contribution in [3.8, 4) is 0 Å². The van der Waals surface area contributed by atoms with Crippen LogP contribution in [0.3, 0.4) is 0 Å². The van der Waals surface area contributed by atoms with E-state index >= 15 is 0 Å². The maximum atomic E-state index is 11.5. The lowest BCUT2D eigenvalue weighted by Crippen LogP contribution is -2.48. The fraction of sp³-hybridized carbons (Fsp3) is 0.889. The van der Waals surface area contributed by atoms with Gasteiger partial charge in [0.15, 0.2) is 0 Å². The quantitative estimate of drug-likeness (QED) is 0.452. The summed E-state index contributed by atoms with van der Waals surface area (Å²) in [5.41, 5.74) is 0. The highest BCUT2D eigenvalue weighted by Crippen LogP contribution is 2.06. The Kier molecular flexibility index (Phi) is 4.86. The number of rotatable bonds is 4. The summed E-state index contributed by atoms with van der Waals surface area (Å²) >= 11 is 0. The van der Waals surface area contributed by atoms with Crippen LogP contribution in [0.4, 0.5) is 0 Å². The van der Waals surface area contributed by atoms with Gasteiger partial charge in [0, 0.05) is 6.54 Å². The highest BCUT2D eigenvalue weighted by Gasteiger charge is 2.20. The zero-order valence-corrected chi connectivity index (χ0v) is 8.20. The molecule has 0 spiro atoms. The average Bonchev–Trinajstić information content (AvgIpc) is 2.26. The van der Waals surface area contributed by atoms with Crippen molar-refractivity contribution in [3.05, 3.63) is 0 Å². The van der Waals surface area contributed by atoms with E-state index < -0.39 is 6.10 Å². The molecule has 4 N–H and O–H groups in total. The molecule has 1 saturated heterocycles. The highest BCUT2D eigenvalue weighted by atomic mass is 16.3. The van der Waals surface area contributed by atoms with Gasteiger partial charge >= 0.3 is 0 Å². The van der Waals surface area contributed by atoms with Crippen molar-refractivity contribution in [1.82, 2.24) is 10.6 Å². The van der Waals surface area contributed by atoms with Gasteiger partial charge in [0.1, 0.15) is 0 Å². The Morgan fingerprint density at radius 1 is 1.57 bits per heavy atom. The number of aliphatic hydroxyl groups excluding tert-OH is 2. The minimum Gasteiger partial charge on any atom is -0.394 e. The first kappa shape index (κ1) is 11.4. The molecule has 1 aliphatic heterocycles. The molecule has 1 fully saturated rings. The van der Waals surface area contributed by atoms with Crippen LogP contribution in [0.5, 0.6) is 0 Å². The molecule has 5 nitrogen and oxygen atoms in total. The van der Waals surface area contributed by atoms with Crippen LogP contribution in [-0.4, -0.2) is 48.0 Å². The molecule has 82 valence electrons. The van der Waals surface area contributed by atoms with E-state index in [1.807, 2.05) is 0 Å². The Bertz CT molecular complexity index is 181. The Hall–Kier alpha value is -0.650. The molecule has 0 aromatic rings. The van der Waals surface area contributed by atoms with Crippen molar-refractivity contribution in [2.45, 2.75) is 31.4 Å². The van der Waals surface area contributed by atoms with Gasteiger partial charge in [-0.15, -0.1) is 0 Å². The normalized spacial score (nSPS) is 24.3. The first-order valence-corrected chi connectivity index (χ1v) is 5.04. The molecule has 1 rings (SSSR count). The van der Waals surface area contributed by atoms with Crippen molar-refractivity contribution >= 4 is 5.91 Å². The second-order valence-corrected chi connectivity index (χ2v) is 3.58. The summed E-state index contributed by atoms with van der Waals surface area (Å²) in [5, 5.41) is 23.3. The van der Waals surface area contributed by atoms with Crippen LogP contribution in [0, 0.1) is 0 Å². The molecule has 2 atom stereocenters. The fourth-order valence-corrected chi connectivity index (χ4v) is 1.48. The van der Waals surface area contributed by atoms with Crippen molar-refractivity contribution < 1.29 is 15.0 Å². The maximum Gasteiger partial charge on any atom is 0.237 e. The lowest BCUT2D eigenvalue weighted by atomic mass is 10.0. The third-order valence-electron chi connectivity index (χ3n) is 2.35. The summed E-state index contributed by atoms with van der Waals surface area (Å²) < 4.78 is 0. The van der Waals surface area contributed by atoms with Gasteiger partial charge < -0.3 is 20.8 Å². The van der Waals surface area contributed by atoms with Gasteiger partial charge in [-0.1, -0.05) is 6.42 Å². The lowest BCUT2D eigenvalue weighted by molar-refractivity contribution is -0.124. The summed E-state index contributed by atoms with van der Waals surface area (Å²) in [4.78, 5) is 11.5. The van der Waals surface area contributed by atoms with Gasteiger partial charge in [-0.3, -0.25) is 4.79 Å². The SMILES string of the molecule is O=C(NCC(O)CO)[C@H]1CCCCN1. The van der Waals surface area contributed by atoms with Crippen LogP contribution in [0.2, 0.25) is 0 Å². The molecule has 0 aliphatic carbocycles. The van der Waals surface area contributed by atoms with E-state index in [9.17, 15) is 4.79 Å². The first-order chi connectivity index (χ1) is 6.74. The Labute approximate surface area is 83.5 Å². The number of hydrogen-bond donors (Lipinski definition) is 4. The highest BCUT2D eigenvalue weighted by molar-refractivity contribution is 5.81. The summed E-state index contributed by atoms with van der Waals surface area (Å²) in [7, 11) is 0. The number of amides is 1. The number of carbonyl (C=O) groups excluding carboxylic acids is 1. The third kappa shape index (κ3) is 3.61. The molecule has 0 bridgehead atoms. The topological polar surface area (TPSA) is 81.6 Å². The van der Waals surface area contributed by atoms with Crippen molar-refractivity contribution in [3.63, 3.8) is 0 Å². The van der Waals surface area contributed by atoms with E-state index in [0.717, 1.165) is 25.8 Å². The van der Waals surface area contributed by atoms with E-state index in [1.54, 1.807) is 0 Å². The minimum absolute atomic E-state index is 0.0859. The fourth-order valence-electron chi connectivity index (χ4n) is 1.48. The maximum absolute atomic E-state index is 11.5. The zero-order valence-electron chi connectivity index (χ0n) is 8.20. The molecule has 5 heteroatoms. The number of hydrogen-bond acceptors (Lipinski definition) is 4.